The Bertz CT molecular complexity index is 269. The molecule has 0 aromatic heterocycles. The first-order valence-corrected chi connectivity index (χ1v) is 5.01. The molecule has 0 aromatic rings. The number of hydrogen-bond acceptors (Lipinski definition) is 2. The van der Waals surface area contributed by atoms with Gasteiger partial charge in [-0.3, -0.25) is 4.79 Å². The molecule has 2 aliphatic rings. The molecule has 1 saturated heterocycles. The standard InChI is InChI=1S/C9H13F3N2O/c10-9(11,12)8(1-2-8)14-7(15)3-6-4-13-5-6/h6,13H,1-5H2,(H,14,15). The van der Waals surface area contributed by atoms with Gasteiger partial charge in [-0.05, 0) is 31.8 Å². The smallest absolute Gasteiger partial charge is 0.342 e. The van der Waals surface area contributed by atoms with E-state index in [1.54, 1.807) is 0 Å². The van der Waals surface area contributed by atoms with Gasteiger partial charge in [-0.25, -0.2) is 0 Å². The quantitative estimate of drug-likeness (QED) is 0.741. The van der Waals surface area contributed by atoms with Crippen molar-refractivity contribution in [1.82, 2.24) is 10.6 Å². The van der Waals surface area contributed by atoms with Crippen LogP contribution in [0.1, 0.15) is 19.3 Å². The molecule has 2 N–H and O–H groups in total. The molecule has 6 heteroatoms. The van der Waals surface area contributed by atoms with Crippen LogP contribution in [0.3, 0.4) is 0 Å². The van der Waals surface area contributed by atoms with Crippen LogP contribution in [0.4, 0.5) is 13.2 Å². The van der Waals surface area contributed by atoms with E-state index in [2.05, 4.69) is 10.6 Å². The molecule has 2 fully saturated rings. The molecule has 0 spiro atoms. The Kier molecular flexibility index (Phi) is 2.41. The summed E-state index contributed by atoms with van der Waals surface area (Å²) in [5.74, 6) is -0.273. The van der Waals surface area contributed by atoms with E-state index in [0.717, 1.165) is 13.1 Å². The Morgan fingerprint density at radius 2 is 2.00 bits per heavy atom. The van der Waals surface area contributed by atoms with E-state index in [-0.39, 0.29) is 25.2 Å². The lowest BCUT2D eigenvalue weighted by Gasteiger charge is -2.28. The molecule has 1 aliphatic heterocycles. The van der Waals surface area contributed by atoms with E-state index in [1.165, 1.54) is 0 Å². The zero-order valence-corrected chi connectivity index (χ0v) is 8.16. The fourth-order valence-corrected chi connectivity index (χ4v) is 1.68. The molecule has 0 aromatic carbocycles. The normalized spacial score (nSPS) is 24.5. The molecule has 0 bridgehead atoms. The fraction of sp³-hybridized carbons (Fsp3) is 0.889. The van der Waals surface area contributed by atoms with Crippen LogP contribution in [-0.4, -0.2) is 30.7 Å². The molecular weight excluding hydrogens is 209 g/mol. The Hall–Kier alpha value is -0.780. The van der Waals surface area contributed by atoms with Crippen LogP contribution in [-0.2, 0) is 4.79 Å². The molecule has 1 saturated carbocycles. The first-order valence-electron chi connectivity index (χ1n) is 5.01. The predicted molar refractivity (Wildman–Crippen MR) is 47.1 cm³/mol. The van der Waals surface area contributed by atoms with Crippen LogP contribution < -0.4 is 10.6 Å². The van der Waals surface area contributed by atoms with Crippen LogP contribution >= 0.6 is 0 Å². The van der Waals surface area contributed by atoms with E-state index >= 15 is 0 Å². The van der Waals surface area contributed by atoms with Gasteiger partial charge < -0.3 is 10.6 Å². The zero-order valence-electron chi connectivity index (χ0n) is 8.16. The summed E-state index contributed by atoms with van der Waals surface area (Å²) in [5.41, 5.74) is -1.90. The van der Waals surface area contributed by atoms with Crippen molar-refractivity contribution in [1.29, 1.82) is 0 Å². The molecule has 1 amide bonds. The third kappa shape index (κ3) is 2.09. The van der Waals surface area contributed by atoms with Crippen molar-refractivity contribution in [3.05, 3.63) is 0 Å². The molecule has 0 radical (unpaired) electrons. The number of nitrogens with one attached hydrogen (secondary N) is 2. The first-order chi connectivity index (χ1) is 6.93. The maximum Gasteiger partial charge on any atom is 0.411 e. The van der Waals surface area contributed by atoms with Crippen LogP contribution in [0, 0.1) is 5.92 Å². The number of rotatable bonds is 3. The molecule has 86 valence electrons. The lowest BCUT2D eigenvalue weighted by molar-refractivity contribution is -0.170. The van der Waals surface area contributed by atoms with Crippen molar-refractivity contribution in [3.8, 4) is 0 Å². The van der Waals surface area contributed by atoms with Crippen molar-refractivity contribution in [2.24, 2.45) is 5.92 Å². The number of halogens is 3. The van der Waals surface area contributed by atoms with Crippen molar-refractivity contribution in [3.63, 3.8) is 0 Å². The maximum atomic E-state index is 12.5. The van der Waals surface area contributed by atoms with Gasteiger partial charge in [-0.1, -0.05) is 0 Å². The molecule has 15 heavy (non-hydrogen) atoms. The zero-order chi connectivity index (χ0) is 11.1. The Morgan fingerprint density at radius 3 is 2.33 bits per heavy atom. The molecule has 3 nitrogen and oxygen atoms in total. The van der Waals surface area contributed by atoms with E-state index < -0.39 is 17.6 Å². The second kappa shape index (κ2) is 3.37. The minimum absolute atomic E-state index is 0.0190. The van der Waals surface area contributed by atoms with Crippen molar-refractivity contribution < 1.29 is 18.0 Å². The van der Waals surface area contributed by atoms with Crippen molar-refractivity contribution in [2.75, 3.05) is 13.1 Å². The van der Waals surface area contributed by atoms with Crippen LogP contribution in [0.5, 0.6) is 0 Å². The maximum absolute atomic E-state index is 12.5. The summed E-state index contributed by atoms with van der Waals surface area (Å²) in [5, 5.41) is 5.09. The monoisotopic (exact) mass is 222 g/mol. The summed E-state index contributed by atoms with van der Waals surface area (Å²) in [6.45, 7) is 1.46. The van der Waals surface area contributed by atoms with Crippen LogP contribution in [0.15, 0.2) is 0 Å². The number of carbonyl (C=O) groups is 1. The van der Waals surface area contributed by atoms with Gasteiger partial charge in [-0.15, -0.1) is 0 Å². The molecular formula is C9H13F3N2O. The van der Waals surface area contributed by atoms with Gasteiger partial charge in [0.15, 0.2) is 0 Å². The third-order valence-corrected chi connectivity index (χ3v) is 3.01. The van der Waals surface area contributed by atoms with Gasteiger partial charge in [0, 0.05) is 6.42 Å². The first kappa shape index (κ1) is 10.7. The van der Waals surface area contributed by atoms with Gasteiger partial charge in [0.25, 0.3) is 0 Å². The lowest BCUT2D eigenvalue weighted by atomic mass is 9.99. The van der Waals surface area contributed by atoms with E-state index in [9.17, 15) is 18.0 Å². The molecule has 2 rings (SSSR count). The highest BCUT2D eigenvalue weighted by atomic mass is 19.4. The number of amides is 1. The van der Waals surface area contributed by atoms with E-state index in [4.69, 9.17) is 0 Å². The predicted octanol–water partition coefficient (Wildman–Crippen LogP) is 0.807. The summed E-state index contributed by atoms with van der Waals surface area (Å²) < 4.78 is 37.4. The summed E-state index contributed by atoms with van der Waals surface area (Å²) in [7, 11) is 0. The van der Waals surface area contributed by atoms with E-state index in [0.29, 0.717) is 0 Å². The summed E-state index contributed by atoms with van der Waals surface area (Å²) in [6.07, 6.45) is -4.07. The fourth-order valence-electron chi connectivity index (χ4n) is 1.68. The Labute approximate surface area is 85.4 Å². The largest absolute Gasteiger partial charge is 0.411 e. The summed E-state index contributed by atoms with van der Waals surface area (Å²) in [6, 6.07) is 0. The minimum Gasteiger partial charge on any atom is -0.342 e. The highest BCUT2D eigenvalue weighted by Gasteiger charge is 2.64. The van der Waals surface area contributed by atoms with Gasteiger partial charge >= 0.3 is 6.18 Å². The average Bonchev–Trinajstić information content (AvgIpc) is 2.76. The SMILES string of the molecule is O=C(CC1CNC1)NC1(C(F)(F)F)CC1. The second-order valence-electron chi connectivity index (χ2n) is 4.36. The Morgan fingerprint density at radius 1 is 1.40 bits per heavy atom. The third-order valence-electron chi connectivity index (χ3n) is 3.01. The van der Waals surface area contributed by atoms with Gasteiger partial charge in [0.2, 0.25) is 5.91 Å². The highest BCUT2D eigenvalue weighted by molar-refractivity contribution is 5.77. The molecule has 0 unspecified atom stereocenters. The number of alkyl halides is 3. The van der Waals surface area contributed by atoms with E-state index in [1.807, 2.05) is 0 Å². The number of carbonyl (C=O) groups excluding carboxylic acids is 1. The topological polar surface area (TPSA) is 41.1 Å². The summed E-state index contributed by atoms with van der Waals surface area (Å²) >= 11 is 0. The molecule has 0 atom stereocenters. The lowest BCUT2D eigenvalue weighted by Crippen LogP contribution is -2.50. The summed E-state index contributed by atoms with van der Waals surface area (Å²) in [4.78, 5) is 11.3. The average molecular weight is 222 g/mol. The molecule has 1 aliphatic carbocycles. The molecule has 1 heterocycles. The van der Waals surface area contributed by atoms with Crippen LogP contribution in [0.25, 0.3) is 0 Å². The number of hydrogen-bond donors (Lipinski definition) is 2. The van der Waals surface area contributed by atoms with Gasteiger partial charge in [0.05, 0.1) is 0 Å². The van der Waals surface area contributed by atoms with Gasteiger partial charge in [0.1, 0.15) is 5.54 Å². The van der Waals surface area contributed by atoms with Crippen LogP contribution in [0.2, 0.25) is 0 Å². The Balaban J connectivity index is 1.83. The van der Waals surface area contributed by atoms with Gasteiger partial charge in [-0.2, -0.15) is 13.2 Å². The second-order valence-corrected chi connectivity index (χ2v) is 4.36. The minimum atomic E-state index is -4.31. The van der Waals surface area contributed by atoms with Crippen molar-refractivity contribution in [2.45, 2.75) is 31.0 Å². The highest BCUT2D eigenvalue weighted by Crippen LogP contribution is 2.48. The van der Waals surface area contributed by atoms with Crippen molar-refractivity contribution >= 4 is 5.91 Å².